The molecule has 0 spiro atoms. The molecule has 0 radical (unpaired) electrons. The largest absolute Gasteiger partial charge is 0.497 e. The highest BCUT2D eigenvalue weighted by molar-refractivity contribution is 5.78. The number of rotatable bonds is 5. The van der Waals surface area contributed by atoms with E-state index in [0.29, 0.717) is 6.54 Å². The lowest BCUT2D eigenvalue weighted by Crippen LogP contribution is -2.38. The van der Waals surface area contributed by atoms with Gasteiger partial charge in [-0.15, -0.1) is 0 Å². The molecule has 0 aliphatic heterocycles. The second kappa shape index (κ2) is 7.29. The maximum Gasteiger partial charge on any atom is 0.223 e. The Morgan fingerprint density at radius 3 is 2.75 bits per heavy atom. The summed E-state index contributed by atoms with van der Waals surface area (Å²) in [6, 6.07) is 8.14. The Morgan fingerprint density at radius 1 is 1.35 bits per heavy atom. The Morgan fingerprint density at radius 2 is 2.10 bits per heavy atom. The van der Waals surface area contributed by atoms with E-state index >= 15 is 0 Å². The van der Waals surface area contributed by atoms with Crippen LogP contribution in [0.2, 0.25) is 0 Å². The molecular formula is C16H24N2O2. The molecule has 1 aliphatic carbocycles. The van der Waals surface area contributed by atoms with Crippen LogP contribution in [0.5, 0.6) is 5.75 Å². The minimum Gasteiger partial charge on any atom is -0.497 e. The number of nitrogens with two attached hydrogens (primary N) is 1. The van der Waals surface area contributed by atoms with E-state index in [2.05, 4.69) is 5.32 Å². The Labute approximate surface area is 120 Å². The van der Waals surface area contributed by atoms with E-state index in [-0.39, 0.29) is 17.9 Å². The van der Waals surface area contributed by atoms with Crippen LogP contribution >= 0.6 is 0 Å². The SMILES string of the molecule is COc1ccc(CCNC(=O)C2CCCC(N)C2)cc1. The molecule has 2 atom stereocenters. The average Bonchev–Trinajstić information content (AvgIpc) is 2.48. The van der Waals surface area contributed by atoms with Gasteiger partial charge in [0.2, 0.25) is 5.91 Å². The number of benzene rings is 1. The van der Waals surface area contributed by atoms with Crippen molar-refractivity contribution in [2.75, 3.05) is 13.7 Å². The molecule has 1 aliphatic rings. The molecule has 0 aromatic heterocycles. The van der Waals surface area contributed by atoms with Crippen molar-refractivity contribution in [3.05, 3.63) is 29.8 Å². The number of methoxy groups -OCH3 is 1. The van der Waals surface area contributed by atoms with Crippen LogP contribution in [-0.2, 0) is 11.2 Å². The molecule has 110 valence electrons. The predicted octanol–water partition coefficient (Wildman–Crippen LogP) is 1.87. The van der Waals surface area contributed by atoms with Gasteiger partial charge >= 0.3 is 0 Å². The first-order chi connectivity index (χ1) is 9.69. The number of amides is 1. The number of carbonyl (C=O) groups is 1. The highest BCUT2D eigenvalue weighted by Gasteiger charge is 2.24. The smallest absolute Gasteiger partial charge is 0.223 e. The second-order valence-electron chi connectivity index (χ2n) is 5.51. The number of nitrogens with one attached hydrogen (secondary N) is 1. The summed E-state index contributed by atoms with van der Waals surface area (Å²) in [5.74, 6) is 1.12. The number of hydrogen-bond donors (Lipinski definition) is 2. The summed E-state index contributed by atoms with van der Waals surface area (Å²) >= 11 is 0. The Kier molecular flexibility index (Phi) is 5.41. The van der Waals surface area contributed by atoms with Crippen molar-refractivity contribution < 1.29 is 9.53 Å². The van der Waals surface area contributed by atoms with Gasteiger partial charge in [0.05, 0.1) is 7.11 Å². The van der Waals surface area contributed by atoms with Crippen LogP contribution in [0.25, 0.3) is 0 Å². The average molecular weight is 276 g/mol. The minimum atomic E-state index is 0.106. The van der Waals surface area contributed by atoms with Crippen LogP contribution in [0.1, 0.15) is 31.2 Å². The van der Waals surface area contributed by atoms with E-state index in [9.17, 15) is 4.79 Å². The minimum absolute atomic E-state index is 0.106. The van der Waals surface area contributed by atoms with Crippen molar-refractivity contribution in [2.24, 2.45) is 11.7 Å². The third-order valence-corrected chi connectivity index (χ3v) is 3.96. The summed E-state index contributed by atoms with van der Waals surface area (Å²) in [5.41, 5.74) is 7.12. The topological polar surface area (TPSA) is 64.3 Å². The zero-order chi connectivity index (χ0) is 14.4. The first-order valence-electron chi connectivity index (χ1n) is 7.35. The third kappa shape index (κ3) is 4.23. The van der Waals surface area contributed by atoms with Gasteiger partial charge < -0.3 is 15.8 Å². The van der Waals surface area contributed by atoms with Gasteiger partial charge in [-0.25, -0.2) is 0 Å². The molecular weight excluding hydrogens is 252 g/mol. The van der Waals surface area contributed by atoms with Crippen LogP contribution in [0.3, 0.4) is 0 Å². The van der Waals surface area contributed by atoms with Gasteiger partial charge in [-0.3, -0.25) is 4.79 Å². The van der Waals surface area contributed by atoms with Crippen LogP contribution in [0.15, 0.2) is 24.3 Å². The lowest BCUT2D eigenvalue weighted by molar-refractivity contribution is -0.126. The van der Waals surface area contributed by atoms with Crippen LogP contribution in [-0.4, -0.2) is 25.6 Å². The molecule has 2 rings (SSSR count). The van der Waals surface area contributed by atoms with Crippen molar-refractivity contribution in [2.45, 2.75) is 38.1 Å². The summed E-state index contributed by atoms with van der Waals surface area (Å²) in [6.07, 6.45) is 4.76. The van der Waals surface area contributed by atoms with Gasteiger partial charge in [-0.05, 0) is 43.4 Å². The van der Waals surface area contributed by atoms with Crippen LogP contribution < -0.4 is 15.8 Å². The van der Waals surface area contributed by atoms with Gasteiger partial charge in [0.15, 0.2) is 0 Å². The molecule has 1 aromatic rings. The summed E-state index contributed by atoms with van der Waals surface area (Å²) < 4.78 is 5.12. The van der Waals surface area contributed by atoms with Crippen molar-refractivity contribution in [3.8, 4) is 5.75 Å². The van der Waals surface area contributed by atoms with E-state index in [1.54, 1.807) is 7.11 Å². The molecule has 2 unspecified atom stereocenters. The molecule has 3 N–H and O–H groups in total. The lowest BCUT2D eigenvalue weighted by Gasteiger charge is -2.25. The molecule has 0 heterocycles. The number of carbonyl (C=O) groups excluding carboxylic acids is 1. The van der Waals surface area contributed by atoms with Gasteiger partial charge in [0.25, 0.3) is 0 Å². The predicted molar refractivity (Wildman–Crippen MR) is 79.6 cm³/mol. The molecule has 1 aromatic carbocycles. The van der Waals surface area contributed by atoms with Crippen LogP contribution in [0.4, 0.5) is 0 Å². The normalized spacial score (nSPS) is 22.3. The van der Waals surface area contributed by atoms with E-state index in [1.165, 1.54) is 5.56 Å². The summed E-state index contributed by atoms with van der Waals surface area (Å²) in [6.45, 7) is 0.677. The fraction of sp³-hybridized carbons (Fsp3) is 0.562. The van der Waals surface area contributed by atoms with Crippen molar-refractivity contribution in [3.63, 3.8) is 0 Å². The van der Waals surface area contributed by atoms with Crippen molar-refractivity contribution in [1.82, 2.24) is 5.32 Å². The standard InChI is InChI=1S/C16H24N2O2/c1-20-15-7-5-12(6-8-15)9-10-18-16(19)13-3-2-4-14(17)11-13/h5-8,13-14H,2-4,9-11,17H2,1H3,(H,18,19). The van der Waals surface area contributed by atoms with Gasteiger partial charge in [0, 0.05) is 18.5 Å². The van der Waals surface area contributed by atoms with Crippen molar-refractivity contribution >= 4 is 5.91 Å². The first kappa shape index (κ1) is 14.9. The van der Waals surface area contributed by atoms with E-state index < -0.39 is 0 Å². The van der Waals surface area contributed by atoms with E-state index in [0.717, 1.165) is 37.9 Å². The van der Waals surface area contributed by atoms with Crippen LogP contribution in [0, 0.1) is 5.92 Å². The molecule has 0 saturated heterocycles. The highest BCUT2D eigenvalue weighted by Crippen LogP contribution is 2.23. The quantitative estimate of drug-likeness (QED) is 0.863. The number of hydrogen-bond acceptors (Lipinski definition) is 3. The molecule has 1 amide bonds. The first-order valence-corrected chi connectivity index (χ1v) is 7.35. The van der Waals surface area contributed by atoms with E-state index in [4.69, 9.17) is 10.5 Å². The van der Waals surface area contributed by atoms with E-state index in [1.807, 2.05) is 24.3 Å². The highest BCUT2D eigenvalue weighted by atomic mass is 16.5. The molecule has 4 heteroatoms. The van der Waals surface area contributed by atoms with Gasteiger partial charge in [-0.2, -0.15) is 0 Å². The van der Waals surface area contributed by atoms with Gasteiger partial charge in [-0.1, -0.05) is 18.6 Å². The molecule has 0 bridgehead atoms. The molecule has 20 heavy (non-hydrogen) atoms. The fourth-order valence-corrected chi connectivity index (χ4v) is 2.73. The fourth-order valence-electron chi connectivity index (χ4n) is 2.73. The maximum atomic E-state index is 12.0. The number of ether oxygens (including phenoxy) is 1. The zero-order valence-corrected chi connectivity index (χ0v) is 12.1. The molecule has 4 nitrogen and oxygen atoms in total. The maximum absolute atomic E-state index is 12.0. The monoisotopic (exact) mass is 276 g/mol. The summed E-state index contributed by atoms with van der Waals surface area (Å²) in [7, 11) is 1.66. The van der Waals surface area contributed by atoms with Crippen molar-refractivity contribution in [1.29, 1.82) is 0 Å². The second-order valence-corrected chi connectivity index (χ2v) is 5.51. The third-order valence-electron chi connectivity index (χ3n) is 3.96. The summed E-state index contributed by atoms with van der Waals surface area (Å²) in [4.78, 5) is 12.0. The lowest BCUT2D eigenvalue weighted by atomic mass is 9.85. The molecule has 1 fully saturated rings. The zero-order valence-electron chi connectivity index (χ0n) is 12.1. The Hall–Kier alpha value is -1.55. The Bertz CT molecular complexity index is 431. The van der Waals surface area contributed by atoms with Gasteiger partial charge in [0.1, 0.15) is 5.75 Å². The Balaban J connectivity index is 1.73. The summed E-state index contributed by atoms with van der Waals surface area (Å²) in [5, 5.41) is 3.02. The molecule has 1 saturated carbocycles.